The molecule has 1 atom stereocenters. The Kier molecular flexibility index (Phi) is 4.21. The van der Waals surface area contributed by atoms with Crippen LogP contribution in [-0.4, -0.2) is 29.3 Å². The van der Waals surface area contributed by atoms with Gasteiger partial charge in [-0.15, -0.1) is 0 Å². The number of aliphatic hydroxyl groups excluding tert-OH is 1. The van der Waals surface area contributed by atoms with Crippen molar-refractivity contribution in [3.8, 4) is 5.75 Å². The Balaban J connectivity index is 2.27. The van der Waals surface area contributed by atoms with E-state index in [9.17, 15) is 5.11 Å². The van der Waals surface area contributed by atoms with Crippen LogP contribution in [0, 0.1) is 0 Å². The quantitative estimate of drug-likeness (QED) is 0.681. The predicted octanol–water partition coefficient (Wildman–Crippen LogP) is 0.170. The second-order valence-corrected chi connectivity index (χ2v) is 2.73. The highest BCUT2D eigenvalue weighted by Crippen LogP contribution is 2.06. The summed E-state index contributed by atoms with van der Waals surface area (Å²) >= 11 is 0. The maximum Gasteiger partial charge on any atom is 0.137 e. The fourth-order valence-electron chi connectivity index (χ4n) is 0.901. The SMILES string of the molecule is NCCC(O)COc1cccnc1. The molecule has 0 saturated carbocycles. The largest absolute Gasteiger partial charge is 0.489 e. The minimum absolute atomic E-state index is 0.267. The molecule has 1 unspecified atom stereocenters. The molecule has 4 nitrogen and oxygen atoms in total. The average Bonchev–Trinajstić information content (AvgIpc) is 2.17. The molecule has 1 aromatic heterocycles. The summed E-state index contributed by atoms with van der Waals surface area (Å²) in [4.78, 5) is 3.88. The lowest BCUT2D eigenvalue weighted by Crippen LogP contribution is -2.21. The summed E-state index contributed by atoms with van der Waals surface area (Å²) in [5.74, 6) is 0.665. The highest BCUT2D eigenvalue weighted by molar-refractivity contribution is 5.15. The zero-order valence-electron chi connectivity index (χ0n) is 7.39. The number of nitrogens with zero attached hydrogens (tertiary/aromatic N) is 1. The molecule has 0 aliphatic heterocycles. The van der Waals surface area contributed by atoms with Crippen molar-refractivity contribution >= 4 is 0 Å². The molecule has 0 radical (unpaired) electrons. The highest BCUT2D eigenvalue weighted by Gasteiger charge is 2.02. The first-order valence-corrected chi connectivity index (χ1v) is 4.24. The predicted molar refractivity (Wildman–Crippen MR) is 49.4 cm³/mol. The van der Waals surface area contributed by atoms with Crippen LogP contribution in [0.3, 0.4) is 0 Å². The second-order valence-electron chi connectivity index (χ2n) is 2.73. The lowest BCUT2D eigenvalue weighted by atomic mass is 10.3. The van der Waals surface area contributed by atoms with Gasteiger partial charge in [-0.25, -0.2) is 0 Å². The van der Waals surface area contributed by atoms with Crippen molar-refractivity contribution in [1.82, 2.24) is 4.98 Å². The third-order valence-electron chi connectivity index (χ3n) is 1.58. The van der Waals surface area contributed by atoms with E-state index in [2.05, 4.69) is 4.98 Å². The summed E-state index contributed by atoms with van der Waals surface area (Å²) in [6, 6.07) is 3.58. The van der Waals surface area contributed by atoms with Crippen molar-refractivity contribution in [2.45, 2.75) is 12.5 Å². The van der Waals surface area contributed by atoms with Gasteiger partial charge < -0.3 is 15.6 Å². The van der Waals surface area contributed by atoms with Gasteiger partial charge in [0.15, 0.2) is 0 Å². The van der Waals surface area contributed by atoms with Crippen LogP contribution < -0.4 is 10.5 Å². The molecule has 1 rings (SSSR count). The van der Waals surface area contributed by atoms with E-state index in [-0.39, 0.29) is 6.61 Å². The number of hydrogen-bond acceptors (Lipinski definition) is 4. The molecule has 13 heavy (non-hydrogen) atoms. The first-order chi connectivity index (χ1) is 6.33. The van der Waals surface area contributed by atoms with Crippen LogP contribution in [0.4, 0.5) is 0 Å². The molecule has 0 aliphatic carbocycles. The van der Waals surface area contributed by atoms with Gasteiger partial charge in [0.25, 0.3) is 0 Å². The topological polar surface area (TPSA) is 68.4 Å². The molecule has 0 spiro atoms. The van der Waals surface area contributed by atoms with Crippen molar-refractivity contribution in [2.24, 2.45) is 5.73 Å². The number of ether oxygens (including phenoxy) is 1. The normalized spacial score (nSPS) is 12.5. The lowest BCUT2D eigenvalue weighted by molar-refractivity contribution is 0.102. The van der Waals surface area contributed by atoms with Crippen LogP contribution in [0.2, 0.25) is 0 Å². The zero-order chi connectivity index (χ0) is 9.52. The van der Waals surface area contributed by atoms with Gasteiger partial charge in [0, 0.05) is 6.20 Å². The first-order valence-electron chi connectivity index (χ1n) is 4.24. The molecule has 72 valence electrons. The standard InChI is InChI=1S/C9H14N2O2/c10-4-3-8(12)7-13-9-2-1-5-11-6-9/h1-2,5-6,8,12H,3-4,7,10H2. The van der Waals surface area contributed by atoms with Crippen LogP contribution in [-0.2, 0) is 0 Å². The highest BCUT2D eigenvalue weighted by atomic mass is 16.5. The molecular formula is C9H14N2O2. The summed E-state index contributed by atoms with van der Waals surface area (Å²) in [6.45, 7) is 0.737. The van der Waals surface area contributed by atoms with Crippen molar-refractivity contribution in [1.29, 1.82) is 0 Å². The number of aliphatic hydroxyl groups is 1. The molecule has 0 saturated heterocycles. The Morgan fingerprint density at radius 2 is 2.46 bits per heavy atom. The van der Waals surface area contributed by atoms with Crippen molar-refractivity contribution in [2.75, 3.05) is 13.2 Å². The van der Waals surface area contributed by atoms with Crippen molar-refractivity contribution in [3.05, 3.63) is 24.5 Å². The van der Waals surface area contributed by atoms with Gasteiger partial charge >= 0.3 is 0 Å². The van der Waals surface area contributed by atoms with Gasteiger partial charge in [-0.1, -0.05) is 0 Å². The van der Waals surface area contributed by atoms with Crippen molar-refractivity contribution < 1.29 is 9.84 Å². The molecule has 0 aliphatic rings. The van der Waals surface area contributed by atoms with Gasteiger partial charge in [-0.3, -0.25) is 4.98 Å². The smallest absolute Gasteiger partial charge is 0.137 e. The summed E-state index contributed by atoms with van der Waals surface area (Å²) < 4.78 is 5.25. The van der Waals surface area contributed by atoms with Crippen LogP contribution in [0.25, 0.3) is 0 Å². The van der Waals surface area contributed by atoms with E-state index in [0.29, 0.717) is 18.7 Å². The molecule has 1 aromatic rings. The molecule has 0 fully saturated rings. The summed E-state index contributed by atoms with van der Waals surface area (Å²) in [5.41, 5.74) is 5.27. The monoisotopic (exact) mass is 182 g/mol. The van der Waals surface area contributed by atoms with E-state index in [1.54, 1.807) is 24.5 Å². The van der Waals surface area contributed by atoms with Gasteiger partial charge in [-0.05, 0) is 25.1 Å². The summed E-state index contributed by atoms with van der Waals surface area (Å²) in [7, 11) is 0. The van der Waals surface area contributed by atoms with Gasteiger partial charge in [0.05, 0.1) is 12.3 Å². The molecule has 0 aromatic carbocycles. The van der Waals surface area contributed by atoms with E-state index < -0.39 is 6.10 Å². The summed E-state index contributed by atoms with van der Waals surface area (Å²) in [6.07, 6.45) is 3.34. The van der Waals surface area contributed by atoms with E-state index >= 15 is 0 Å². The maximum absolute atomic E-state index is 9.29. The Morgan fingerprint density at radius 3 is 3.08 bits per heavy atom. The average molecular weight is 182 g/mol. The maximum atomic E-state index is 9.29. The minimum atomic E-state index is -0.495. The Hall–Kier alpha value is -1.13. The molecule has 0 amide bonds. The van der Waals surface area contributed by atoms with Crippen LogP contribution in [0.1, 0.15) is 6.42 Å². The molecular weight excluding hydrogens is 168 g/mol. The third kappa shape index (κ3) is 3.87. The molecule has 3 N–H and O–H groups in total. The second kappa shape index (κ2) is 5.50. The van der Waals surface area contributed by atoms with E-state index in [1.807, 2.05) is 0 Å². The first kappa shape index (κ1) is 9.95. The Morgan fingerprint density at radius 1 is 1.62 bits per heavy atom. The lowest BCUT2D eigenvalue weighted by Gasteiger charge is -2.10. The summed E-state index contributed by atoms with van der Waals surface area (Å²) in [5, 5.41) is 9.29. The zero-order valence-corrected chi connectivity index (χ0v) is 7.39. The van der Waals surface area contributed by atoms with Gasteiger partial charge in [0.1, 0.15) is 12.4 Å². The van der Waals surface area contributed by atoms with Gasteiger partial charge in [-0.2, -0.15) is 0 Å². The van der Waals surface area contributed by atoms with Gasteiger partial charge in [0.2, 0.25) is 0 Å². The minimum Gasteiger partial charge on any atom is -0.489 e. The van der Waals surface area contributed by atoms with Crippen molar-refractivity contribution in [3.63, 3.8) is 0 Å². The van der Waals surface area contributed by atoms with Crippen LogP contribution >= 0.6 is 0 Å². The molecule has 4 heteroatoms. The molecule has 1 heterocycles. The number of pyridine rings is 1. The van der Waals surface area contributed by atoms with Crippen LogP contribution in [0.15, 0.2) is 24.5 Å². The Bertz CT molecular complexity index is 228. The fraction of sp³-hybridized carbons (Fsp3) is 0.444. The fourth-order valence-corrected chi connectivity index (χ4v) is 0.901. The van der Waals surface area contributed by atoms with E-state index in [4.69, 9.17) is 10.5 Å². The number of aromatic nitrogens is 1. The van der Waals surface area contributed by atoms with E-state index in [1.165, 1.54) is 0 Å². The number of rotatable bonds is 5. The van der Waals surface area contributed by atoms with Crippen LogP contribution in [0.5, 0.6) is 5.75 Å². The number of nitrogens with two attached hydrogens (primary N) is 1. The molecule has 0 bridgehead atoms. The number of hydrogen-bond donors (Lipinski definition) is 2. The van der Waals surface area contributed by atoms with E-state index in [0.717, 1.165) is 0 Å². The third-order valence-corrected chi connectivity index (χ3v) is 1.58. The Labute approximate surface area is 77.4 Å².